The molecule has 2 amide bonds. The van der Waals surface area contributed by atoms with Crippen molar-refractivity contribution in [2.45, 2.75) is 19.4 Å². The highest BCUT2D eigenvalue weighted by atomic mass is 16.4. The second kappa shape index (κ2) is 8.34. The topological polar surface area (TPSA) is 172 Å². The van der Waals surface area contributed by atoms with Gasteiger partial charge in [-0.3, -0.25) is 19.0 Å². The van der Waals surface area contributed by atoms with Crippen LogP contribution in [0.25, 0.3) is 22.1 Å². The lowest BCUT2D eigenvalue weighted by molar-refractivity contribution is -0.138. The van der Waals surface area contributed by atoms with Crippen molar-refractivity contribution >= 4 is 45.6 Å². The van der Waals surface area contributed by atoms with Crippen molar-refractivity contribution in [3.63, 3.8) is 0 Å². The second-order valence-electron chi connectivity index (χ2n) is 7.00. The number of carbonyl (C=O) groups is 3. The van der Waals surface area contributed by atoms with Gasteiger partial charge in [0.2, 0.25) is 5.91 Å². The Morgan fingerprint density at radius 2 is 2.03 bits per heavy atom. The molecule has 164 valence electrons. The molecule has 0 radical (unpaired) electrons. The first kappa shape index (κ1) is 20.8. The molecular weight excluding hydrogens is 420 g/mol. The van der Waals surface area contributed by atoms with Crippen LogP contribution < -0.4 is 16.4 Å². The Balaban J connectivity index is 1.49. The number of H-pyrrole nitrogens is 1. The highest BCUT2D eigenvalue weighted by Crippen LogP contribution is 2.23. The van der Waals surface area contributed by atoms with Crippen LogP contribution in [0.5, 0.6) is 0 Å². The standard InChI is InChI=1S/C20H18N6O6/c1-26-12-6-10(2-3-13(12)32-20(26)31)7-22-19(30)18-17-16(23-9-24-18)11(8-21-17)25-14(27)4-5-15(28)29/h2-3,6,8-9,21H,4-5,7H2,1H3,(H,22,30)(H,25,27)(H,28,29). The lowest BCUT2D eigenvalue weighted by atomic mass is 10.2. The molecule has 0 unspecified atom stereocenters. The molecule has 0 aliphatic heterocycles. The number of carboxylic acid groups (broad SMARTS) is 1. The molecule has 0 saturated carbocycles. The van der Waals surface area contributed by atoms with Crippen LogP contribution in [0.2, 0.25) is 0 Å². The number of carbonyl (C=O) groups excluding carboxylic acids is 2. The third-order valence-electron chi connectivity index (χ3n) is 4.83. The number of fused-ring (bicyclic) bond motifs is 2. The van der Waals surface area contributed by atoms with Crippen LogP contribution in [0.15, 0.2) is 39.9 Å². The summed E-state index contributed by atoms with van der Waals surface area (Å²) in [4.78, 5) is 57.9. The van der Waals surface area contributed by atoms with Gasteiger partial charge in [0.05, 0.1) is 23.1 Å². The maximum absolute atomic E-state index is 12.7. The zero-order chi connectivity index (χ0) is 22.8. The van der Waals surface area contributed by atoms with E-state index in [9.17, 15) is 19.2 Å². The van der Waals surface area contributed by atoms with Crippen LogP contribution >= 0.6 is 0 Å². The first-order valence-electron chi connectivity index (χ1n) is 9.54. The Morgan fingerprint density at radius 1 is 1.22 bits per heavy atom. The monoisotopic (exact) mass is 438 g/mol. The lowest BCUT2D eigenvalue weighted by Crippen LogP contribution is -2.24. The van der Waals surface area contributed by atoms with Crippen molar-refractivity contribution in [2.75, 3.05) is 5.32 Å². The van der Waals surface area contributed by atoms with Gasteiger partial charge in [0, 0.05) is 26.2 Å². The Morgan fingerprint density at radius 3 is 2.81 bits per heavy atom. The molecule has 3 aromatic heterocycles. The fourth-order valence-corrected chi connectivity index (χ4v) is 3.19. The first-order chi connectivity index (χ1) is 15.3. The van der Waals surface area contributed by atoms with Gasteiger partial charge in [0.15, 0.2) is 11.3 Å². The van der Waals surface area contributed by atoms with Gasteiger partial charge in [-0.15, -0.1) is 0 Å². The SMILES string of the molecule is Cn1c(=O)oc2ccc(CNC(=O)c3ncnc4c(NC(=O)CCC(=O)O)c[nH]c34)cc21. The normalized spacial score (nSPS) is 11.0. The van der Waals surface area contributed by atoms with Crippen molar-refractivity contribution in [3.05, 3.63) is 52.5 Å². The fourth-order valence-electron chi connectivity index (χ4n) is 3.19. The number of aromatic amines is 1. The summed E-state index contributed by atoms with van der Waals surface area (Å²) in [6.07, 6.45) is 2.18. The Labute approximate surface area is 179 Å². The van der Waals surface area contributed by atoms with E-state index in [1.165, 1.54) is 17.1 Å². The Hall–Kier alpha value is -4.48. The second-order valence-corrected chi connectivity index (χ2v) is 7.00. The molecule has 0 aliphatic rings. The number of rotatable bonds is 7. The minimum Gasteiger partial charge on any atom is -0.481 e. The number of hydrogen-bond donors (Lipinski definition) is 4. The molecular formula is C20H18N6O6. The summed E-state index contributed by atoms with van der Waals surface area (Å²) in [5, 5.41) is 14.0. The van der Waals surface area contributed by atoms with E-state index in [0.717, 1.165) is 5.56 Å². The van der Waals surface area contributed by atoms with E-state index < -0.39 is 23.5 Å². The lowest BCUT2D eigenvalue weighted by Gasteiger charge is -2.06. The number of carboxylic acids is 1. The number of aromatic nitrogens is 4. The van der Waals surface area contributed by atoms with Crippen molar-refractivity contribution in [1.29, 1.82) is 0 Å². The minimum absolute atomic E-state index is 0.0813. The van der Waals surface area contributed by atoms with E-state index in [-0.39, 0.29) is 25.1 Å². The van der Waals surface area contributed by atoms with E-state index in [4.69, 9.17) is 9.52 Å². The number of oxazole rings is 1. The molecule has 0 saturated heterocycles. The third kappa shape index (κ3) is 4.05. The van der Waals surface area contributed by atoms with Crippen molar-refractivity contribution in [2.24, 2.45) is 7.05 Å². The summed E-state index contributed by atoms with van der Waals surface area (Å²) in [5.41, 5.74) is 2.87. The number of benzene rings is 1. The molecule has 0 bridgehead atoms. The van der Waals surface area contributed by atoms with Gasteiger partial charge in [0.25, 0.3) is 5.91 Å². The summed E-state index contributed by atoms with van der Waals surface area (Å²) >= 11 is 0. The predicted octanol–water partition coefficient (Wildman–Crippen LogP) is 1.14. The predicted molar refractivity (Wildman–Crippen MR) is 112 cm³/mol. The van der Waals surface area contributed by atoms with E-state index in [2.05, 4.69) is 25.6 Å². The van der Waals surface area contributed by atoms with Crippen molar-refractivity contribution in [3.8, 4) is 0 Å². The van der Waals surface area contributed by atoms with Crippen LogP contribution in [-0.4, -0.2) is 42.4 Å². The molecule has 0 fully saturated rings. The Bertz CT molecular complexity index is 1420. The van der Waals surface area contributed by atoms with E-state index >= 15 is 0 Å². The average molecular weight is 438 g/mol. The van der Waals surface area contributed by atoms with E-state index in [1.54, 1.807) is 25.2 Å². The van der Waals surface area contributed by atoms with Crippen molar-refractivity contribution in [1.82, 2.24) is 24.8 Å². The van der Waals surface area contributed by atoms with Crippen molar-refractivity contribution < 1.29 is 23.9 Å². The van der Waals surface area contributed by atoms with Crippen LogP contribution in [-0.2, 0) is 23.2 Å². The van der Waals surface area contributed by atoms with Gasteiger partial charge in [-0.25, -0.2) is 14.8 Å². The van der Waals surface area contributed by atoms with E-state index in [0.29, 0.717) is 27.8 Å². The summed E-state index contributed by atoms with van der Waals surface area (Å²) in [5.74, 6) is -2.50. The molecule has 1 aromatic carbocycles. The largest absolute Gasteiger partial charge is 0.481 e. The smallest absolute Gasteiger partial charge is 0.419 e. The molecule has 3 heterocycles. The number of amides is 2. The molecule has 32 heavy (non-hydrogen) atoms. The number of aliphatic carboxylic acids is 1. The molecule has 4 rings (SSSR count). The van der Waals surface area contributed by atoms with Crippen LogP contribution in [0.4, 0.5) is 5.69 Å². The summed E-state index contributed by atoms with van der Waals surface area (Å²) in [7, 11) is 1.59. The first-order valence-corrected chi connectivity index (χ1v) is 9.54. The molecule has 0 spiro atoms. The molecule has 4 N–H and O–H groups in total. The van der Waals surface area contributed by atoms with Crippen LogP contribution in [0, 0.1) is 0 Å². The van der Waals surface area contributed by atoms with Gasteiger partial charge in [-0.05, 0) is 17.7 Å². The van der Waals surface area contributed by atoms with Crippen LogP contribution in [0.1, 0.15) is 28.9 Å². The molecule has 0 aliphatic carbocycles. The minimum atomic E-state index is -1.07. The van der Waals surface area contributed by atoms with Crippen LogP contribution in [0.3, 0.4) is 0 Å². The molecule has 4 aromatic rings. The highest BCUT2D eigenvalue weighted by Gasteiger charge is 2.18. The van der Waals surface area contributed by atoms with Gasteiger partial charge < -0.3 is 25.1 Å². The van der Waals surface area contributed by atoms with Gasteiger partial charge in [-0.2, -0.15) is 0 Å². The number of aryl methyl sites for hydroxylation is 1. The van der Waals surface area contributed by atoms with Gasteiger partial charge in [-0.1, -0.05) is 6.07 Å². The summed E-state index contributed by atoms with van der Waals surface area (Å²) in [6, 6.07) is 5.14. The number of anilines is 1. The zero-order valence-corrected chi connectivity index (χ0v) is 16.8. The van der Waals surface area contributed by atoms with Gasteiger partial charge in [0.1, 0.15) is 11.8 Å². The number of nitrogens with one attached hydrogen (secondary N) is 3. The fraction of sp³-hybridized carbons (Fsp3) is 0.200. The quantitative estimate of drug-likeness (QED) is 0.332. The average Bonchev–Trinajstić information content (AvgIpc) is 3.31. The molecule has 12 nitrogen and oxygen atoms in total. The zero-order valence-electron chi connectivity index (χ0n) is 16.8. The maximum atomic E-state index is 12.7. The molecule has 12 heteroatoms. The maximum Gasteiger partial charge on any atom is 0.419 e. The third-order valence-corrected chi connectivity index (χ3v) is 4.83. The Kier molecular flexibility index (Phi) is 5.41. The van der Waals surface area contributed by atoms with Gasteiger partial charge >= 0.3 is 11.7 Å². The number of nitrogens with zero attached hydrogens (tertiary/aromatic N) is 3. The highest BCUT2D eigenvalue weighted by molar-refractivity contribution is 6.08. The molecule has 0 atom stereocenters. The van der Waals surface area contributed by atoms with E-state index in [1.807, 2.05) is 0 Å². The summed E-state index contributed by atoms with van der Waals surface area (Å²) < 4.78 is 6.47. The summed E-state index contributed by atoms with van der Waals surface area (Å²) in [6.45, 7) is 0.180. The number of hydrogen-bond acceptors (Lipinski definition) is 7.